The van der Waals surface area contributed by atoms with Gasteiger partial charge in [-0.3, -0.25) is 0 Å². The van der Waals surface area contributed by atoms with Gasteiger partial charge in [0.05, 0.1) is 5.56 Å². The van der Waals surface area contributed by atoms with Crippen molar-refractivity contribution >= 4 is 22.1 Å². The Morgan fingerprint density at radius 1 is 1.05 bits per heavy atom. The minimum absolute atomic E-state index is 0.694. The first-order chi connectivity index (χ1) is 10.6. The molecule has 0 amide bonds. The van der Waals surface area contributed by atoms with Crippen LogP contribution in [0.15, 0.2) is 53.2 Å². The van der Waals surface area contributed by atoms with Gasteiger partial charge in [-0.15, -0.1) is 0 Å². The standard InChI is InChI=1S/C19H17N2O/c1-12-6-8-15(21(3)11-12)17-13(2)7-9-16-18(17)14-5-4-10-20-19(14)22-16/h4-11H,1-3H3/q+1. The van der Waals surface area contributed by atoms with Gasteiger partial charge in [-0.2, -0.15) is 0 Å². The smallest absolute Gasteiger partial charge is 0.227 e. The molecule has 0 N–H and O–H groups in total. The molecule has 1 aromatic carbocycles. The van der Waals surface area contributed by atoms with Crippen LogP contribution in [0.1, 0.15) is 11.1 Å². The molecule has 3 heterocycles. The molecule has 3 nitrogen and oxygen atoms in total. The lowest BCUT2D eigenvalue weighted by molar-refractivity contribution is -0.660. The highest BCUT2D eigenvalue weighted by atomic mass is 16.3. The maximum atomic E-state index is 5.91. The van der Waals surface area contributed by atoms with E-state index < -0.39 is 0 Å². The summed E-state index contributed by atoms with van der Waals surface area (Å²) in [6.45, 7) is 4.25. The normalized spacial score (nSPS) is 11.4. The van der Waals surface area contributed by atoms with Crippen molar-refractivity contribution in [2.45, 2.75) is 13.8 Å². The lowest BCUT2D eigenvalue weighted by atomic mass is 9.98. The van der Waals surface area contributed by atoms with Crippen molar-refractivity contribution in [1.82, 2.24) is 4.98 Å². The van der Waals surface area contributed by atoms with Gasteiger partial charge in [0.1, 0.15) is 12.6 Å². The van der Waals surface area contributed by atoms with E-state index in [1.54, 1.807) is 6.20 Å². The fourth-order valence-electron chi connectivity index (χ4n) is 3.14. The van der Waals surface area contributed by atoms with E-state index in [0.717, 1.165) is 16.4 Å². The first-order valence-electron chi connectivity index (χ1n) is 7.38. The van der Waals surface area contributed by atoms with Crippen LogP contribution in [0.3, 0.4) is 0 Å². The number of aromatic nitrogens is 2. The molecule has 0 aliphatic rings. The maximum absolute atomic E-state index is 5.91. The molecule has 0 unspecified atom stereocenters. The molecule has 0 fully saturated rings. The lowest BCUT2D eigenvalue weighted by Crippen LogP contribution is -2.31. The number of nitrogens with zero attached hydrogens (tertiary/aromatic N) is 2. The Bertz CT molecular complexity index is 1010. The molecule has 108 valence electrons. The monoisotopic (exact) mass is 289 g/mol. The van der Waals surface area contributed by atoms with Gasteiger partial charge < -0.3 is 4.42 Å². The molecule has 0 saturated carbocycles. The molecule has 0 atom stereocenters. The predicted molar refractivity (Wildman–Crippen MR) is 87.6 cm³/mol. The van der Waals surface area contributed by atoms with Gasteiger partial charge in [0, 0.05) is 28.6 Å². The summed E-state index contributed by atoms with van der Waals surface area (Å²) in [5.74, 6) is 0. The number of furan rings is 1. The number of rotatable bonds is 1. The molecule has 3 heteroatoms. The number of aryl methyl sites for hydroxylation is 3. The van der Waals surface area contributed by atoms with E-state index in [4.69, 9.17) is 4.42 Å². The fourth-order valence-corrected chi connectivity index (χ4v) is 3.14. The number of benzene rings is 1. The highest BCUT2D eigenvalue weighted by Gasteiger charge is 2.20. The third-order valence-electron chi connectivity index (χ3n) is 4.16. The van der Waals surface area contributed by atoms with E-state index in [1.165, 1.54) is 22.4 Å². The van der Waals surface area contributed by atoms with Gasteiger partial charge in [0.2, 0.25) is 11.4 Å². The minimum Gasteiger partial charge on any atom is -0.438 e. The summed E-state index contributed by atoms with van der Waals surface area (Å²) in [7, 11) is 2.08. The van der Waals surface area contributed by atoms with Crippen LogP contribution in [-0.4, -0.2) is 4.98 Å². The van der Waals surface area contributed by atoms with Gasteiger partial charge in [0.15, 0.2) is 6.20 Å². The van der Waals surface area contributed by atoms with Crippen LogP contribution in [0.5, 0.6) is 0 Å². The molecule has 0 saturated heterocycles. The molecule has 0 bridgehead atoms. The highest BCUT2D eigenvalue weighted by molar-refractivity contribution is 6.11. The Hall–Kier alpha value is -2.68. The van der Waals surface area contributed by atoms with Crippen molar-refractivity contribution in [2.75, 3.05) is 0 Å². The Kier molecular flexibility index (Phi) is 2.76. The highest BCUT2D eigenvalue weighted by Crippen LogP contribution is 2.36. The summed E-state index contributed by atoms with van der Waals surface area (Å²) in [5, 5.41) is 2.21. The summed E-state index contributed by atoms with van der Waals surface area (Å²) in [6, 6.07) is 12.5. The van der Waals surface area contributed by atoms with Gasteiger partial charge in [0.25, 0.3) is 0 Å². The van der Waals surface area contributed by atoms with Crippen molar-refractivity contribution in [3.05, 3.63) is 59.9 Å². The largest absolute Gasteiger partial charge is 0.438 e. The van der Waals surface area contributed by atoms with Crippen LogP contribution < -0.4 is 4.57 Å². The quantitative estimate of drug-likeness (QED) is 0.494. The van der Waals surface area contributed by atoms with Crippen molar-refractivity contribution < 1.29 is 8.98 Å². The second kappa shape index (κ2) is 4.67. The van der Waals surface area contributed by atoms with Crippen molar-refractivity contribution in [3.8, 4) is 11.3 Å². The number of hydrogen-bond acceptors (Lipinski definition) is 2. The zero-order valence-corrected chi connectivity index (χ0v) is 12.9. The Morgan fingerprint density at radius 2 is 1.91 bits per heavy atom. The summed E-state index contributed by atoms with van der Waals surface area (Å²) < 4.78 is 8.09. The molecule has 0 radical (unpaired) electrons. The molecule has 4 aromatic rings. The van der Waals surface area contributed by atoms with Crippen LogP contribution in [0, 0.1) is 13.8 Å². The Morgan fingerprint density at radius 3 is 2.73 bits per heavy atom. The van der Waals surface area contributed by atoms with E-state index in [0.29, 0.717) is 5.71 Å². The third-order valence-corrected chi connectivity index (χ3v) is 4.16. The van der Waals surface area contributed by atoms with Crippen molar-refractivity contribution in [2.24, 2.45) is 7.05 Å². The summed E-state index contributed by atoms with van der Waals surface area (Å²) in [6.07, 6.45) is 3.91. The average Bonchev–Trinajstić information content (AvgIpc) is 2.87. The minimum atomic E-state index is 0.694. The zero-order chi connectivity index (χ0) is 15.3. The van der Waals surface area contributed by atoms with Gasteiger partial charge in [-0.25, -0.2) is 9.55 Å². The van der Waals surface area contributed by atoms with Crippen LogP contribution in [0.4, 0.5) is 0 Å². The fraction of sp³-hybridized carbons (Fsp3) is 0.158. The first-order valence-corrected chi connectivity index (χ1v) is 7.38. The van der Waals surface area contributed by atoms with Crippen LogP contribution in [-0.2, 0) is 7.05 Å². The first kappa shape index (κ1) is 13.0. The molecule has 0 aliphatic carbocycles. The third kappa shape index (κ3) is 1.82. The van der Waals surface area contributed by atoms with E-state index >= 15 is 0 Å². The summed E-state index contributed by atoms with van der Waals surface area (Å²) in [4.78, 5) is 4.35. The van der Waals surface area contributed by atoms with E-state index in [-0.39, 0.29) is 0 Å². The lowest BCUT2D eigenvalue weighted by Gasteiger charge is -2.06. The Balaban J connectivity index is 2.18. The molecule has 4 rings (SSSR count). The SMILES string of the molecule is Cc1ccc(-c2c(C)ccc3oc4ncccc4c23)[n+](C)c1. The van der Waals surface area contributed by atoms with Crippen molar-refractivity contribution in [1.29, 1.82) is 0 Å². The molecule has 0 aliphatic heterocycles. The molecular formula is C19H17N2O+. The number of pyridine rings is 2. The predicted octanol–water partition coefficient (Wildman–Crippen LogP) is 4.09. The second-order valence-corrected chi connectivity index (χ2v) is 5.79. The van der Waals surface area contributed by atoms with Crippen LogP contribution >= 0.6 is 0 Å². The average molecular weight is 289 g/mol. The van der Waals surface area contributed by atoms with Gasteiger partial charge in [-0.05, 0) is 43.7 Å². The number of hydrogen-bond donors (Lipinski definition) is 0. The Labute approximate surface area is 128 Å². The van der Waals surface area contributed by atoms with E-state index in [9.17, 15) is 0 Å². The molecule has 3 aromatic heterocycles. The van der Waals surface area contributed by atoms with Crippen LogP contribution in [0.2, 0.25) is 0 Å². The topological polar surface area (TPSA) is 29.9 Å². The molecular weight excluding hydrogens is 272 g/mol. The number of fused-ring (bicyclic) bond motifs is 3. The maximum Gasteiger partial charge on any atom is 0.227 e. The molecule has 0 spiro atoms. The zero-order valence-electron chi connectivity index (χ0n) is 12.9. The van der Waals surface area contributed by atoms with E-state index in [2.05, 4.69) is 60.9 Å². The second-order valence-electron chi connectivity index (χ2n) is 5.79. The molecule has 22 heavy (non-hydrogen) atoms. The van der Waals surface area contributed by atoms with Gasteiger partial charge in [-0.1, -0.05) is 6.07 Å². The van der Waals surface area contributed by atoms with Crippen molar-refractivity contribution in [3.63, 3.8) is 0 Å². The van der Waals surface area contributed by atoms with Gasteiger partial charge >= 0.3 is 0 Å². The van der Waals surface area contributed by atoms with Crippen LogP contribution in [0.25, 0.3) is 33.3 Å². The summed E-state index contributed by atoms with van der Waals surface area (Å²) >= 11 is 0. The van der Waals surface area contributed by atoms with E-state index in [1.807, 2.05) is 12.1 Å². The summed E-state index contributed by atoms with van der Waals surface area (Å²) in [5.41, 5.74) is 6.45.